The van der Waals surface area contributed by atoms with Gasteiger partial charge in [0.25, 0.3) is 0 Å². The van der Waals surface area contributed by atoms with Gasteiger partial charge < -0.3 is 59.1 Å². The van der Waals surface area contributed by atoms with E-state index in [1.54, 1.807) is 78.8 Å². The van der Waals surface area contributed by atoms with E-state index < -0.39 is 120 Å². The number of nitrogens with one attached hydrogen (secondary N) is 8. The molecule has 1 aromatic rings. The Kier molecular flexibility index (Phi) is 26.8. The summed E-state index contributed by atoms with van der Waals surface area (Å²) >= 11 is 0. The molecule has 0 saturated carbocycles. The van der Waals surface area contributed by atoms with Crippen molar-refractivity contribution in [2.24, 2.45) is 41.1 Å². The summed E-state index contributed by atoms with van der Waals surface area (Å²) in [6.07, 6.45) is 0.568. The van der Waals surface area contributed by atoms with E-state index in [1.165, 1.54) is 6.92 Å². The Labute approximate surface area is 406 Å². The summed E-state index contributed by atoms with van der Waals surface area (Å²) in [4.78, 5) is 132. The van der Waals surface area contributed by atoms with Gasteiger partial charge in [-0.25, -0.2) is 4.79 Å². The number of carboxylic acids is 1. The monoisotopic (exact) mass is 973 g/mol. The third-order valence-corrected chi connectivity index (χ3v) is 11.0. The van der Waals surface area contributed by atoms with Crippen LogP contribution in [-0.4, -0.2) is 119 Å². The zero-order valence-corrected chi connectivity index (χ0v) is 42.2. The third kappa shape index (κ3) is 23.6. The summed E-state index contributed by atoms with van der Waals surface area (Å²) < 4.78 is 0. The van der Waals surface area contributed by atoms with E-state index in [9.17, 15) is 53.1 Å². The number of benzene rings is 1. The largest absolute Gasteiger partial charge is 0.480 e. The highest BCUT2D eigenvalue weighted by Crippen LogP contribution is 2.13. The van der Waals surface area contributed by atoms with Crippen molar-refractivity contribution in [3.8, 4) is 0 Å². The van der Waals surface area contributed by atoms with Crippen LogP contribution in [0.5, 0.6) is 0 Å². The lowest BCUT2D eigenvalue weighted by atomic mass is 9.96. The van der Waals surface area contributed by atoms with Crippen molar-refractivity contribution in [1.29, 1.82) is 0 Å². The first-order chi connectivity index (χ1) is 32.1. The number of carbonyl (C=O) groups excluding carboxylic acids is 9. The van der Waals surface area contributed by atoms with Crippen LogP contribution in [0, 0.1) is 29.6 Å². The lowest BCUT2D eigenvalue weighted by Gasteiger charge is -2.28. The summed E-state index contributed by atoms with van der Waals surface area (Å²) in [5.41, 5.74) is 12.2. The average molecular weight is 973 g/mol. The first-order valence-corrected chi connectivity index (χ1v) is 23.8. The van der Waals surface area contributed by atoms with Gasteiger partial charge in [-0.05, 0) is 67.8 Å². The zero-order valence-electron chi connectivity index (χ0n) is 42.2. The highest BCUT2D eigenvalue weighted by Gasteiger charge is 2.34. The van der Waals surface area contributed by atoms with Crippen molar-refractivity contribution in [3.05, 3.63) is 35.9 Å². The van der Waals surface area contributed by atoms with Gasteiger partial charge in [0.2, 0.25) is 53.2 Å². The molecule has 388 valence electrons. The highest BCUT2D eigenvalue weighted by atomic mass is 16.4. The number of amides is 9. The van der Waals surface area contributed by atoms with E-state index in [0.717, 1.165) is 0 Å². The molecule has 21 nitrogen and oxygen atoms in total. The molecule has 0 fully saturated rings. The van der Waals surface area contributed by atoms with Gasteiger partial charge in [0.1, 0.15) is 42.3 Å². The van der Waals surface area contributed by atoms with Crippen LogP contribution < -0.4 is 54.0 Å². The molecule has 1 aromatic carbocycles. The molecule has 0 spiro atoms. The fraction of sp³-hybridized carbons (Fsp3) is 0.667. The standard InChI is InChI=1S/C48H80N10O11/c1-12-29(10)40(58-42(62)32(49)18-25(2)3)47(67)56-35(22-31-16-14-13-15-17-31)43(63)51-24-39(60)53-33(19-26(4)5)45(65)55-36(23-38(50)59)44(64)52-30(11)41(61)54-34(20-27(6)7)46(66)57-37(48(68)69)21-28(8)9/h13-17,25-30,32-37,40H,12,18-24,49H2,1-11H3,(H2,50,59)(H,51,63)(H,52,64)(H,53,60)(H,54,61)(H,55,65)(H,56,67)(H,57,66)(H,58,62)(H,68,69)/t29-,30-,32-,33-,34-,35-,36-,37-,40-/m0/s1. The fourth-order valence-electron chi connectivity index (χ4n) is 7.16. The molecular weight excluding hydrogens is 893 g/mol. The molecule has 0 aliphatic rings. The number of primary amides is 1. The molecule has 13 N–H and O–H groups in total. The molecule has 0 radical (unpaired) electrons. The van der Waals surface area contributed by atoms with Crippen LogP contribution in [0.2, 0.25) is 0 Å². The van der Waals surface area contributed by atoms with Gasteiger partial charge in [0, 0.05) is 6.42 Å². The Morgan fingerprint density at radius 2 is 0.986 bits per heavy atom. The van der Waals surface area contributed by atoms with Gasteiger partial charge in [-0.2, -0.15) is 0 Å². The Morgan fingerprint density at radius 1 is 0.522 bits per heavy atom. The predicted octanol–water partition coefficient (Wildman–Crippen LogP) is 0.277. The Morgan fingerprint density at radius 3 is 1.48 bits per heavy atom. The zero-order chi connectivity index (χ0) is 52.7. The molecule has 0 saturated heterocycles. The molecule has 69 heavy (non-hydrogen) atoms. The molecule has 9 atom stereocenters. The Balaban J connectivity index is 3.21. The Hall–Kier alpha value is -6.12. The number of nitrogens with two attached hydrogens (primary N) is 2. The van der Waals surface area contributed by atoms with E-state index >= 15 is 0 Å². The molecule has 0 unspecified atom stereocenters. The second-order valence-electron chi connectivity index (χ2n) is 19.5. The van der Waals surface area contributed by atoms with E-state index in [1.807, 2.05) is 20.8 Å². The maximum atomic E-state index is 13.8. The van der Waals surface area contributed by atoms with Crippen LogP contribution in [0.15, 0.2) is 30.3 Å². The van der Waals surface area contributed by atoms with Crippen molar-refractivity contribution in [1.82, 2.24) is 42.5 Å². The first-order valence-electron chi connectivity index (χ1n) is 23.8. The second kappa shape index (κ2) is 30.4. The summed E-state index contributed by atoms with van der Waals surface area (Å²) in [5, 5.41) is 30.1. The number of hydrogen-bond donors (Lipinski definition) is 11. The fourth-order valence-corrected chi connectivity index (χ4v) is 7.16. The average Bonchev–Trinajstić information content (AvgIpc) is 3.24. The smallest absolute Gasteiger partial charge is 0.326 e. The predicted molar refractivity (Wildman–Crippen MR) is 259 cm³/mol. The van der Waals surface area contributed by atoms with Crippen molar-refractivity contribution in [2.75, 3.05) is 6.54 Å². The van der Waals surface area contributed by atoms with Crippen LogP contribution in [0.3, 0.4) is 0 Å². The van der Waals surface area contributed by atoms with Gasteiger partial charge in [-0.1, -0.05) is 106 Å². The van der Waals surface area contributed by atoms with Gasteiger partial charge >= 0.3 is 5.97 Å². The van der Waals surface area contributed by atoms with Gasteiger partial charge in [-0.3, -0.25) is 43.2 Å². The van der Waals surface area contributed by atoms with Crippen LogP contribution in [0.1, 0.15) is 120 Å². The van der Waals surface area contributed by atoms with E-state index in [-0.39, 0.29) is 55.3 Å². The van der Waals surface area contributed by atoms with E-state index in [4.69, 9.17) is 11.5 Å². The van der Waals surface area contributed by atoms with Crippen molar-refractivity contribution < 1.29 is 53.1 Å². The van der Waals surface area contributed by atoms with Crippen molar-refractivity contribution in [3.63, 3.8) is 0 Å². The number of hydrogen-bond acceptors (Lipinski definition) is 11. The number of rotatable bonds is 31. The molecule has 0 bridgehead atoms. The van der Waals surface area contributed by atoms with Crippen LogP contribution in [0.25, 0.3) is 0 Å². The second-order valence-corrected chi connectivity index (χ2v) is 19.5. The SMILES string of the molecule is CC[C@H](C)[C@H](NC(=O)[C@@H](N)CC(C)C)C(=O)N[C@@H](Cc1ccccc1)C(=O)NCC(=O)N[C@@H](CC(C)C)C(=O)N[C@@H](CC(N)=O)C(=O)N[C@@H](C)C(=O)N[C@@H](CC(C)C)C(=O)N[C@@H](CC(C)C)C(=O)O. The molecular formula is C48H80N10O11. The lowest BCUT2D eigenvalue weighted by molar-refractivity contribution is -0.143. The maximum absolute atomic E-state index is 13.8. The molecule has 1 rings (SSSR count). The first kappa shape index (κ1) is 60.9. The number of aliphatic carboxylic acids is 1. The molecule has 0 aliphatic carbocycles. The number of carboxylic acid groups (broad SMARTS) is 1. The molecule has 0 heterocycles. The molecule has 21 heteroatoms. The quantitative estimate of drug-likeness (QED) is 0.0478. The van der Waals surface area contributed by atoms with Gasteiger partial charge in [-0.15, -0.1) is 0 Å². The molecule has 0 aliphatic heterocycles. The lowest BCUT2D eigenvalue weighted by Crippen LogP contribution is -2.59. The summed E-state index contributed by atoms with van der Waals surface area (Å²) in [6.45, 7) is 18.9. The topological polar surface area (TPSA) is 339 Å². The summed E-state index contributed by atoms with van der Waals surface area (Å²) in [7, 11) is 0. The van der Waals surface area contributed by atoms with Crippen molar-refractivity contribution >= 4 is 59.1 Å². The van der Waals surface area contributed by atoms with E-state index in [0.29, 0.717) is 18.4 Å². The minimum Gasteiger partial charge on any atom is -0.480 e. The third-order valence-electron chi connectivity index (χ3n) is 11.0. The Bertz CT molecular complexity index is 1890. The minimum atomic E-state index is -1.61. The molecule has 9 amide bonds. The van der Waals surface area contributed by atoms with Crippen molar-refractivity contribution in [2.45, 2.75) is 169 Å². The van der Waals surface area contributed by atoms with Gasteiger partial charge in [0.15, 0.2) is 0 Å². The van der Waals surface area contributed by atoms with Crippen LogP contribution >= 0.6 is 0 Å². The normalized spacial score (nSPS) is 15.2. The van der Waals surface area contributed by atoms with Crippen LogP contribution in [-0.2, 0) is 54.4 Å². The molecule has 0 aromatic heterocycles. The maximum Gasteiger partial charge on any atom is 0.326 e. The highest BCUT2D eigenvalue weighted by molar-refractivity contribution is 5.98. The van der Waals surface area contributed by atoms with Gasteiger partial charge in [0.05, 0.1) is 19.0 Å². The summed E-state index contributed by atoms with van der Waals surface area (Å²) in [5.74, 6) is -8.87. The van der Waals surface area contributed by atoms with Crippen LogP contribution in [0.4, 0.5) is 0 Å². The van der Waals surface area contributed by atoms with E-state index in [2.05, 4.69) is 42.5 Å². The minimum absolute atomic E-state index is 0.0234. The number of carbonyl (C=O) groups is 10. The summed E-state index contributed by atoms with van der Waals surface area (Å²) in [6, 6.07) is -0.857.